The molecule has 1 aliphatic heterocycles. The van der Waals surface area contributed by atoms with Crippen LogP contribution in [0.5, 0.6) is 0 Å². The Morgan fingerprint density at radius 1 is 1.00 bits per heavy atom. The summed E-state index contributed by atoms with van der Waals surface area (Å²) in [5, 5.41) is 4.44. The lowest BCUT2D eigenvalue weighted by atomic mass is 10.1. The zero-order valence-corrected chi connectivity index (χ0v) is 20.2. The Kier molecular flexibility index (Phi) is 6.24. The van der Waals surface area contributed by atoms with E-state index in [1.54, 1.807) is 29.2 Å². The molecule has 2 amide bonds. The summed E-state index contributed by atoms with van der Waals surface area (Å²) in [5.74, 6) is -0.316. The van der Waals surface area contributed by atoms with Crippen molar-refractivity contribution in [3.8, 4) is 0 Å². The molecule has 3 aromatic carbocycles. The molecule has 1 fully saturated rings. The number of thiocarbonyl (C=S) groups is 1. The lowest BCUT2D eigenvalue weighted by Gasteiger charge is -2.13. The molecular formula is C26H18ClN3O2S2. The average molecular weight is 504 g/mol. The minimum absolute atomic E-state index is 0.127. The van der Waals surface area contributed by atoms with E-state index in [-0.39, 0.29) is 18.4 Å². The van der Waals surface area contributed by atoms with E-state index in [0.29, 0.717) is 19.9 Å². The van der Waals surface area contributed by atoms with Gasteiger partial charge in [-0.05, 0) is 48.5 Å². The fourth-order valence-electron chi connectivity index (χ4n) is 3.82. The number of benzene rings is 3. The molecule has 4 aromatic rings. The van der Waals surface area contributed by atoms with Crippen molar-refractivity contribution in [3.05, 3.63) is 101 Å². The Balaban J connectivity index is 1.43. The van der Waals surface area contributed by atoms with E-state index in [4.69, 9.17) is 23.8 Å². The lowest BCUT2D eigenvalue weighted by Crippen LogP contribution is -2.27. The normalized spacial score (nSPS) is 14.9. The predicted molar refractivity (Wildman–Crippen MR) is 144 cm³/mol. The summed E-state index contributed by atoms with van der Waals surface area (Å²) in [6.07, 6.45) is 3.74. The molecule has 1 aromatic heterocycles. The Labute approximate surface area is 211 Å². The summed E-state index contributed by atoms with van der Waals surface area (Å²) < 4.78 is 2.37. The Bertz CT molecular complexity index is 1450. The molecule has 168 valence electrons. The molecule has 5 rings (SSSR count). The van der Waals surface area contributed by atoms with E-state index >= 15 is 0 Å². The zero-order valence-electron chi connectivity index (χ0n) is 17.8. The molecular weight excluding hydrogens is 486 g/mol. The quantitative estimate of drug-likeness (QED) is 0.255. The standard InChI is InChI=1S/C26H18ClN3O2S2/c27-18-10-12-19(13-11-18)28-24(31)16-29-15-17(21-8-4-5-9-22(21)29)14-23-25(32)30(26(33)34-23)20-6-2-1-3-7-20/h1-15H,16H2,(H,28,31)/b23-14+. The number of thioether (sulfide) groups is 1. The second-order valence-corrected chi connectivity index (χ2v) is 9.75. The second kappa shape index (κ2) is 9.46. The largest absolute Gasteiger partial charge is 0.337 e. The summed E-state index contributed by atoms with van der Waals surface area (Å²) >= 11 is 12.7. The first-order valence-corrected chi connectivity index (χ1v) is 12.1. The van der Waals surface area contributed by atoms with Gasteiger partial charge in [-0.15, -0.1) is 0 Å². The third-order valence-corrected chi connectivity index (χ3v) is 6.91. The number of rotatable bonds is 5. The first-order chi connectivity index (χ1) is 16.5. The maximum Gasteiger partial charge on any atom is 0.270 e. The van der Waals surface area contributed by atoms with Gasteiger partial charge in [0.25, 0.3) is 5.91 Å². The average Bonchev–Trinajstić information content (AvgIpc) is 3.32. The van der Waals surface area contributed by atoms with E-state index in [0.717, 1.165) is 22.2 Å². The molecule has 0 spiro atoms. The van der Waals surface area contributed by atoms with Crippen LogP contribution in [-0.4, -0.2) is 20.7 Å². The monoisotopic (exact) mass is 503 g/mol. The number of aromatic nitrogens is 1. The summed E-state index contributed by atoms with van der Waals surface area (Å²) in [6.45, 7) is 0.127. The van der Waals surface area contributed by atoms with Crippen molar-refractivity contribution >= 4 is 80.1 Å². The highest BCUT2D eigenvalue weighted by Gasteiger charge is 2.33. The van der Waals surface area contributed by atoms with Crippen molar-refractivity contribution < 1.29 is 9.59 Å². The molecule has 1 aliphatic rings. The van der Waals surface area contributed by atoms with Crippen LogP contribution in [0.1, 0.15) is 5.56 Å². The number of hydrogen-bond donors (Lipinski definition) is 1. The van der Waals surface area contributed by atoms with Crippen LogP contribution < -0.4 is 10.2 Å². The van der Waals surface area contributed by atoms with Crippen molar-refractivity contribution in [1.82, 2.24) is 4.57 Å². The first kappa shape index (κ1) is 22.4. The maximum absolute atomic E-state index is 13.1. The van der Waals surface area contributed by atoms with E-state index < -0.39 is 0 Å². The highest BCUT2D eigenvalue weighted by Crippen LogP contribution is 2.37. The summed E-state index contributed by atoms with van der Waals surface area (Å²) in [6, 6.07) is 24.1. The molecule has 0 saturated carbocycles. The SMILES string of the molecule is O=C(Cn1cc(/C=C2/SC(=S)N(c3ccccc3)C2=O)c2ccccc21)Nc1ccc(Cl)cc1. The number of fused-ring (bicyclic) bond motifs is 1. The van der Waals surface area contributed by atoms with Crippen LogP contribution in [0, 0.1) is 0 Å². The van der Waals surface area contributed by atoms with Gasteiger partial charge in [-0.1, -0.05) is 72.0 Å². The van der Waals surface area contributed by atoms with Gasteiger partial charge in [-0.2, -0.15) is 0 Å². The van der Waals surface area contributed by atoms with Gasteiger partial charge in [0, 0.05) is 33.4 Å². The molecule has 0 unspecified atom stereocenters. The fourth-order valence-corrected chi connectivity index (χ4v) is 5.23. The molecule has 0 aliphatic carbocycles. The van der Waals surface area contributed by atoms with Gasteiger partial charge in [0.1, 0.15) is 6.54 Å². The van der Waals surface area contributed by atoms with Gasteiger partial charge in [0.05, 0.1) is 10.6 Å². The van der Waals surface area contributed by atoms with Gasteiger partial charge >= 0.3 is 0 Å². The lowest BCUT2D eigenvalue weighted by molar-refractivity contribution is -0.116. The molecule has 0 radical (unpaired) electrons. The molecule has 1 saturated heterocycles. The predicted octanol–water partition coefficient (Wildman–Crippen LogP) is 6.34. The first-order valence-electron chi connectivity index (χ1n) is 10.5. The molecule has 2 heterocycles. The molecule has 8 heteroatoms. The van der Waals surface area contributed by atoms with Crippen LogP contribution in [0.4, 0.5) is 11.4 Å². The highest BCUT2D eigenvalue weighted by molar-refractivity contribution is 8.27. The van der Waals surface area contributed by atoms with Gasteiger partial charge < -0.3 is 9.88 Å². The number of anilines is 2. The number of para-hydroxylation sites is 2. The highest BCUT2D eigenvalue weighted by atomic mass is 35.5. The van der Waals surface area contributed by atoms with Crippen molar-refractivity contribution in [2.24, 2.45) is 0 Å². The number of carbonyl (C=O) groups excluding carboxylic acids is 2. The summed E-state index contributed by atoms with van der Waals surface area (Å²) in [4.78, 5) is 27.9. The van der Waals surface area contributed by atoms with E-state index in [9.17, 15) is 9.59 Å². The van der Waals surface area contributed by atoms with Crippen LogP contribution in [0.15, 0.2) is 90.0 Å². The van der Waals surface area contributed by atoms with Crippen LogP contribution in [-0.2, 0) is 16.1 Å². The van der Waals surface area contributed by atoms with Crippen molar-refractivity contribution in [1.29, 1.82) is 0 Å². The third kappa shape index (κ3) is 4.50. The number of nitrogens with one attached hydrogen (secondary N) is 1. The molecule has 34 heavy (non-hydrogen) atoms. The maximum atomic E-state index is 13.1. The fraction of sp³-hybridized carbons (Fsp3) is 0.0385. The topological polar surface area (TPSA) is 54.3 Å². The molecule has 0 atom stereocenters. The number of amides is 2. The summed E-state index contributed by atoms with van der Waals surface area (Å²) in [7, 11) is 0. The van der Waals surface area contributed by atoms with Gasteiger partial charge in [0.15, 0.2) is 4.32 Å². The minimum Gasteiger partial charge on any atom is -0.337 e. The Hall–Kier alpha value is -3.39. The van der Waals surface area contributed by atoms with Crippen molar-refractivity contribution in [2.45, 2.75) is 6.54 Å². The summed E-state index contributed by atoms with van der Waals surface area (Å²) in [5.41, 5.74) is 3.17. The van der Waals surface area contributed by atoms with E-state index in [1.165, 1.54) is 11.8 Å². The molecule has 0 bridgehead atoms. The molecule has 5 nitrogen and oxygen atoms in total. The van der Waals surface area contributed by atoms with E-state index in [1.807, 2.05) is 71.4 Å². The second-order valence-electron chi connectivity index (χ2n) is 7.64. The van der Waals surface area contributed by atoms with Gasteiger partial charge in [-0.25, -0.2) is 0 Å². The van der Waals surface area contributed by atoms with Crippen molar-refractivity contribution in [2.75, 3.05) is 10.2 Å². The third-order valence-electron chi connectivity index (χ3n) is 5.36. The number of carbonyl (C=O) groups is 2. The van der Waals surface area contributed by atoms with E-state index in [2.05, 4.69) is 5.32 Å². The van der Waals surface area contributed by atoms with Crippen LogP contribution in [0.25, 0.3) is 17.0 Å². The van der Waals surface area contributed by atoms with Crippen LogP contribution >= 0.6 is 35.6 Å². The van der Waals surface area contributed by atoms with Crippen LogP contribution in [0.2, 0.25) is 5.02 Å². The number of halogens is 1. The molecule has 1 N–H and O–H groups in total. The smallest absolute Gasteiger partial charge is 0.270 e. The zero-order chi connectivity index (χ0) is 23.7. The van der Waals surface area contributed by atoms with Gasteiger partial charge in [-0.3, -0.25) is 14.5 Å². The Morgan fingerprint density at radius 2 is 1.71 bits per heavy atom. The minimum atomic E-state index is -0.162. The Morgan fingerprint density at radius 3 is 2.47 bits per heavy atom. The van der Waals surface area contributed by atoms with Crippen LogP contribution in [0.3, 0.4) is 0 Å². The number of nitrogens with zero attached hydrogens (tertiary/aromatic N) is 2. The number of hydrogen-bond acceptors (Lipinski definition) is 4. The van der Waals surface area contributed by atoms with Gasteiger partial charge in [0.2, 0.25) is 5.91 Å². The van der Waals surface area contributed by atoms with Crippen molar-refractivity contribution in [3.63, 3.8) is 0 Å².